The van der Waals surface area contributed by atoms with Gasteiger partial charge in [0.1, 0.15) is 6.33 Å². The van der Waals surface area contributed by atoms with Crippen LogP contribution in [0, 0.1) is 0 Å². The number of nitrogens with one attached hydrogen (secondary N) is 1. The molecule has 0 amide bonds. The predicted molar refractivity (Wildman–Crippen MR) is 69.3 cm³/mol. The lowest BCUT2D eigenvalue weighted by Gasteiger charge is -2.04. The van der Waals surface area contributed by atoms with Crippen molar-refractivity contribution in [1.29, 1.82) is 0 Å². The summed E-state index contributed by atoms with van der Waals surface area (Å²) >= 11 is 0. The largest absolute Gasteiger partial charge is 0.481 e. The molecule has 1 aromatic heterocycles. The number of carbonyl (C=O) groups is 1. The van der Waals surface area contributed by atoms with Crippen molar-refractivity contribution in [3.05, 3.63) is 47.5 Å². The third kappa shape index (κ3) is 4.18. The van der Waals surface area contributed by atoms with Crippen LogP contribution in [-0.2, 0) is 31.4 Å². The van der Waals surface area contributed by atoms with E-state index in [1.807, 2.05) is 31.3 Å². The van der Waals surface area contributed by atoms with E-state index < -0.39 is 5.97 Å². The van der Waals surface area contributed by atoms with Gasteiger partial charge in [-0.3, -0.25) is 9.48 Å². The van der Waals surface area contributed by atoms with Crippen LogP contribution in [0.1, 0.15) is 17.0 Å². The first-order chi connectivity index (χ1) is 9.13. The van der Waals surface area contributed by atoms with Gasteiger partial charge in [0.25, 0.3) is 0 Å². The van der Waals surface area contributed by atoms with E-state index in [4.69, 9.17) is 5.11 Å². The van der Waals surface area contributed by atoms with Crippen molar-refractivity contribution in [3.8, 4) is 0 Å². The Balaban J connectivity index is 1.81. The van der Waals surface area contributed by atoms with E-state index in [1.54, 1.807) is 11.0 Å². The molecule has 0 aliphatic rings. The van der Waals surface area contributed by atoms with E-state index in [9.17, 15) is 4.79 Å². The number of carboxylic acids is 1. The highest BCUT2D eigenvalue weighted by molar-refractivity contribution is 5.70. The Morgan fingerprint density at radius 1 is 1.26 bits per heavy atom. The molecule has 19 heavy (non-hydrogen) atoms. The van der Waals surface area contributed by atoms with Gasteiger partial charge in [-0.2, -0.15) is 5.10 Å². The van der Waals surface area contributed by atoms with Gasteiger partial charge in [-0.15, -0.1) is 0 Å². The Morgan fingerprint density at radius 2 is 1.95 bits per heavy atom. The highest BCUT2D eigenvalue weighted by atomic mass is 16.4. The van der Waals surface area contributed by atoms with Gasteiger partial charge in [0.05, 0.1) is 13.0 Å². The van der Waals surface area contributed by atoms with Crippen LogP contribution in [0.3, 0.4) is 0 Å². The second-order valence-electron chi connectivity index (χ2n) is 4.33. The van der Waals surface area contributed by atoms with Crippen LogP contribution < -0.4 is 5.32 Å². The van der Waals surface area contributed by atoms with Crippen LogP contribution in [0.4, 0.5) is 0 Å². The second kappa shape index (κ2) is 6.10. The van der Waals surface area contributed by atoms with Crippen LogP contribution in [0.15, 0.2) is 30.6 Å². The molecule has 0 spiro atoms. The molecular formula is C13H16N4O2. The number of nitrogens with zero attached hydrogens (tertiary/aromatic N) is 3. The summed E-state index contributed by atoms with van der Waals surface area (Å²) in [6, 6.07) is 7.53. The summed E-state index contributed by atoms with van der Waals surface area (Å²) in [5, 5.41) is 16.1. The van der Waals surface area contributed by atoms with Gasteiger partial charge >= 0.3 is 5.97 Å². The van der Waals surface area contributed by atoms with Crippen molar-refractivity contribution in [2.45, 2.75) is 19.5 Å². The molecule has 100 valence electrons. The molecule has 2 rings (SSSR count). The number of rotatable bonds is 6. The van der Waals surface area contributed by atoms with Crippen molar-refractivity contribution < 1.29 is 9.90 Å². The molecule has 0 bridgehead atoms. The quantitative estimate of drug-likeness (QED) is 0.800. The SMILES string of the molecule is Cn1cnc(CNCc2ccc(CC(=O)O)cc2)n1. The standard InChI is InChI=1S/C13H16N4O2/c1-17-9-15-12(16-17)8-14-7-11-4-2-10(3-5-11)6-13(18)19/h2-5,9,14H,6-8H2,1H3,(H,18,19). The minimum absolute atomic E-state index is 0.0611. The monoisotopic (exact) mass is 260 g/mol. The number of aromatic nitrogens is 3. The van der Waals surface area contributed by atoms with Gasteiger partial charge in [0, 0.05) is 13.6 Å². The minimum Gasteiger partial charge on any atom is -0.481 e. The molecule has 0 saturated carbocycles. The van der Waals surface area contributed by atoms with Gasteiger partial charge in [-0.1, -0.05) is 24.3 Å². The van der Waals surface area contributed by atoms with Gasteiger partial charge in [0.2, 0.25) is 0 Å². The molecule has 2 N–H and O–H groups in total. The van der Waals surface area contributed by atoms with Gasteiger partial charge in [0.15, 0.2) is 5.82 Å². The zero-order chi connectivity index (χ0) is 13.7. The van der Waals surface area contributed by atoms with Crippen LogP contribution in [0.25, 0.3) is 0 Å². The maximum Gasteiger partial charge on any atom is 0.307 e. The molecular weight excluding hydrogens is 244 g/mol. The van der Waals surface area contributed by atoms with Crippen molar-refractivity contribution in [2.75, 3.05) is 0 Å². The molecule has 0 aliphatic carbocycles. The third-order valence-electron chi connectivity index (χ3n) is 2.64. The normalized spacial score (nSPS) is 10.6. The Labute approximate surface area is 111 Å². The third-order valence-corrected chi connectivity index (χ3v) is 2.64. The summed E-state index contributed by atoms with van der Waals surface area (Å²) in [5.74, 6) is -0.0582. The molecule has 0 saturated heterocycles. The summed E-state index contributed by atoms with van der Waals surface area (Å²) in [4.78, 5) is 14.7. The topological polar surface area (TPSA) is 80.0 Å². The molecule has 6 heteroatoms. The molecule has 0 atom stereocenters. The molecule has 1 aromatic carbocycles. The van der Waals surface area contributed by atoms with E-state index in [2.05, 4.69) is 15.4 Å². The second-order valence-corrected chi connectivity index (χ2v) is 4.33. The maximum atomic E-state index is 10.6. The molecule has 0 fully saturated rings. The van der Waals surface area contributed by atoms with E-state index in [-0.39, 0.29) is 6.42 Å². The highest BCUT2D eigenvalue weighted by Gasteiger charge is 2.01. The van der Waals surface area contributed by atoms with Crippen LogP contribution in [0.2, 0.25) is 0 Å². The Kier molecular flexibility index (Phi) is 4.25. The zero-order valence-electron chi connectivity index (χ0n) is 10.7. The first kappa shape index (κ1) is 13.2. The van der Waals surface area contributed by atoms with Gasteiger partial charge < -0.3 is 10.4 Å². The summed E-state index contributed by atoms with van der Waals surface area (Å²) in [7, 11) is 1.83. The molecule has 6 nitrogen and oxygen atoms in total. The number of aryl methyl sites for hydroxylation is 1. The van der Waals surface area contributed by atoms with Crippen molar-refractivity contribution >= 4 is 5.97 Å². The first-order valence-electron chi connectivity index (χ1n) is 5.98. The number of hydrogen-bond donors (Lipinski definition) is 2. The summed E-state index contributed by atoms with van der Waals surface area (Å²) in [5.41, 5.74) is 1.91. The fraction of sp³-hybridized carbons (Fsp3) is 0.308. The number of aliphatic carboxylic acids is 1. The number of benzene rings is 1. The lowest BCUT2D eigenvalue weighted by molar-refractivity contribution is -0.136. The summed E-state index contributed by atoms with van der Waals surface area (Å²) in [6.07, 6.45) is 1.73. The van der Waals surface area contributed by atoms with Crippen LogP contribution in [-0.4, -0.2) is 25.8 Å². The number of carboxylic acid groups (broad SMARTS) is 1. The average Bonchev–Trinajstić information content (AvgIpc) is 2.77. The van der Waals surface area contributed by atoms with E-state index >= 15 is 0 Å². The van der Waals surface area contributed by atoms with Gasteiger partial charge in [-0.25, -0.2) is 4.98 Å². The molecule has 2 aromatic rings. The molecule has 0 aliphatic heterocycles. The van der Waals surface area contributed by atoms with Crippen molar-refractivity contribution in [2.24, 2.45) is 7.05 Å². The Bertz CT molecular complexity index is 548. The van der Waals surface area contributed by atoms with Crippen LogP contribution >= 0.6 is 0 Å². The summed E-state index contributed by atoms with van der Waals surface area (Å²) < 4.78 is 1.66. The highest BCUT2D eigenvalue weighted by Crippen LogP contribution is 2.05. The maximum absolute atomic E-state index is 10.6. The Hall–Kier alpha value is -2.21. The zero-order valence-corrected chi connectivity index (χ0v) is 10.7. The Morgan fingerprint density at radius 3 is 2.53 bits per heavy atom. The smallest absolute Gasteiger partial charge is 0.307 e. The fourth-order valence-corrected chi connectivity index (χ4v) is 1.73. The fourth-order valence-electron chi connectivity index (χ4n) is 1.73. The predicted octanol–water partition coefficient (Wildman–Crippen LogP) is 0.732. The lowest BCUT2D eigenvalue weighted by Crippen LogP contribution is -2.14. The summed E-state index contributed by atoms with van der Waals surface area (Å²) in [6.45, 7) is 1.31. The van der Waals surface area contributed by atoms with Crippen molar-refractivity contribution in [3.63, 3.8) is 0 Å². The molecule has 1 heterocycles. The van der Waals surface area contributed by atoms with E-state index in [1.165, 1.54) is 0 Å². The van der Waals surface area contributed by atoms with E-state index in [0.29, 0.717) is 13.1 Å². The first-order valence-corrected chi connectivity index (χ1v) is 5.98. The molecule has 0 unspecified atom stereocenters. The minimum atomic E-state index is -0.813. The molecule has 0 radical (unpaired) electrons. The van der Waals surface area contributed by atoms with Gasteiger partial charge in [-0.05, 0) is 11.1 Å². The number of hydrogen-bond acceptors (Lipinski definition) is 4. The average molecular weight is 260 g/mol. The lowest BCUT2D eigenvalue weighted by atomic mass is 10.1. The van der Waals surface area contributed by atoms with Crippen LogP contribution in [0.5, 0.6) is 0 Å². The van der Waals surface area contributed by atoms with E-state index in [0.717, 1.165) is 17.0 Å². The van der Waals surface area contributed by atoms with Crippen molar-refractivity contribution in [1.82, 2.24) is 20.1 Å².